The third-order valence-electron chi connectivity index (χ3n) is 7.17. The normalized spacial score (nSPS) is 19.7. The first kappa shape index (κ1) is 26.0. The highest BCUT2D eigenvalue weighted by molar-refractivity contribution is 7.07. The maximum absolute atomic E-state index is 13.4. The molecule has 4 heterocycles. The van der Waals surface area contributed by atoms with Crippen molar-refractivity contribution in [1.29, 1.82) is 0 Å². The Morgan fingerprint density at radius 2 is 1.84 bits per heavy atom. The first-order chi connectivity index (χ1) is 18.4. The van der Waals surface area contributed by atoms with Gasteiger partial charge in [0.15, 0.2) is 11.6 Å². The molecule has 12 heteroatoms. The van der Waals surface area contributed by atoms with E-state index in [9.17, 15) is 14.4 Å². The van der Waals surface area contributed by atoms with Crippen LogP contribution in [0, 0.1) is 5.92 Å². The second-order valence-corrected chi connectivity index (χ2v) is 10.7. The lowest BCUT2D eigenvalue weighted by molar-refractivity contribution is -0.125. The zero-order valence-corrected chi connectivity index (χ0v) is 22.4. The molecule has 2 aromatic heterocycles. The Hall–Kier alpha value is -3.64. The molecule has 2 amide bonds. The zero-order valence-electron chi connectivity index (χ0n) is 21.6. The van der Waals surface area contributed by atoms with Gasteiger partial charge in [-0.1, -0.05) is 31.2 Å². The molecule has 3 aromatic rings. The van der Waals surface area contributed by atoms with E-state index in [2.05, 4.69) is 10.1 Å². The maximum Gasteiger partial charge on any atom is 0.320 e. The van der Waals surface area contributed by atoms with E-state index in [-0.39, 0.29) is 30.0 Å². The number of hydrogen-bond donors (Lipinski definition) is 1. The number of benzene rings is 1. The fraction of sp³-hybridized carbons (Fsp3) is 0.462. The summed E-state index contributed by atoms with van der Waals surface area (Å²) in [7, 11) is 1.83. The molecule has 0 saturated carbocycles. The molecule has 5 rings (SSSR count). The highest BCUT2D eigenvalue weighted by atomic mass is 32.1. The number of Topliss-reactive ketones (excluding diaryl/α,β-unsaturated/α-hetero) is 1. The minimum Gasteiger partial charge on any atom is -0.339 e. The number of likely N-dealkylation sites (tertiary alicyclic amines) is 2. The van der Waals surface area contributed by atoms with Gasteiger partial charge in [0.05, 0.1) is 18.0 Å². The van der Waals surface area contributed by atoms with Gasteiger partial charge in [0.1, 0.15) is 5.69 Å². The van der Waals surface area contributed by atoms with Crippen LogP contribution in [0.4, 0.5) is 10.7 Å². The number of carbonyl (C=O) groups is 3. The Labute approximate surface area is 225 Å². The minimum absolute atomic E-state index is 0.0115. The quantitative estimate of drug-likeness (QED) is 0.508. The predicted octanol–water partition coefficient (Wildman–Crippen LogP) is 2.34. The number of thiazole rings is 1. The highest BCUT2D eigenvalue weighted by Gasteiger charge is 2.41. The molecule has 2 fully saturated rings. The van der Waals surface area contributed by atoms with Crippen molar-refractivity contribution in [3.8, 4) is 0 Å². The summed E-state index contributed by atoms with van der Waals surface area (Å²) in [5, 5.41) is 6.22. The standard InChI is InChI=1S/C26H32N8O3S/c1-17-12-33(26(37)32-9-3-4-10-32)14-21(35)22(17)23-29-25(34(30-23)24(36)20-15-38-16-28-20)31(2)13-19-7-5-18(11-27)6-8-19/h5-8,15-17,22H,3-4,9-14,27H2,1-2H3. The number of amides is 2. The molecule has 38 heavy (non-hydrogen) atoms. The van der Waals surface area contributed by atoms with Crippen molar-refractivity contribution in [3.63, 3.8) is 0 Å². The minimum atomic E-state index is -0.613. The van der Waals surface area contributed by atoms with Crippen molar-refractivity contribution < 1.29 is 14.4 Å². The molecule has 2 atom stereocenters. The number of ketones is 1. The van der Waals surface area contributed by atoms with E-state index < -0.39 is 11.8 Å². The van der Waals surface area contributed by atoms with Crippen LogP contribution in [-0.4, -0.2) is 80.5 Å². The third kappa shape index (κ3) is 5.18. The summed E-state index contributed by atoms with van der Waals surface area (Å²) < 4.78 is 1.24. The highest BCUT2D eigenvalue weighted by Crippen LogP contribution is 2.31. The molecule has 0 spiro atoms. The number of hydrogen-bond acceptors (Lipinski definition) is 9. The van der Waals surface area contributed by atoms with Crippen molar-refractivity contribution in [3.05, 3.63) is 57.8 Å². The Morgan fingerprint density at radius 1 is 1.13 bits per heavy atom. The number of rotatable bonds is 6. The summed E-state index contributed by atoms with van der Waals surface area (Å²) in [5.41, 5.74) is 9.61. The maximum atomic E-state index is 13.4. The molecule has 1 aromatic carbocycles. The van der Waals surface area contributed by atoms with Gasteiger partial charge in [0.2, 0.25) is 5.95 Å². The number of piperidine rings is 1. The van der Waals surface area contributed by atoms with Crippen LogP contribution in [-0.2, 0) is 17.9 Å². The fourth-order valence-corrected chi connectivity index (χ4v) is 5.69. The Balaban J connectivity index is 1.41. The Morgan fingerprint density at radius 3 is 2.47 bits per heavy atom. The number of urea groups is 1. The average Bonchev–Trinajstić information content (AvgIpc) is 3.70. The lowest BCUT2D eigenvalue weighted by atomic mass is 9.85. The summed E-state index contributed by atoms with van der Waals surface area (Å²) >= 11 is 1.32. The lowest BCUT2D eigenvalue weighted by Gasteiger charge is -2.36. The summed E-state index contributed by atoms with van der Waals surface area (Å²) in [6, 6.07) is 7.83. The first-order valence-electron chi connectivity index (χ1n) is 12.8. The molecule has 0 aliphatic carbocycles. The van der Waals surface area contributed by atoms with Gasteiger partial charge in [-0.15, -0.1) is 16.4 Å². The third-order valence-corrected chi connectivity index (χ3v) is 7.75. The monoisotopic (exact) mass is 536 g/mol. The van der Waals surface area contributed by atoms with Crippen LogP contribution in [0.15, 0.2) is 35.2 Å². The van der Waals surface area contributed by atoms with Crippen LogP contribution in [0.25, 0.3) is 0 Å². The number of nitrogens with two attached hydrogens (primary N) is 1. The lowest BCUT2D eigenvalue weighted by Crippen LogP contribution is -2.51. The number of anilines is 1. The van der Waals surface area contributed by atoms with Crippen LogP contribution in [0.5, 0.6) is 0 Å². The van der Waals surface area contributed by atoms with Crippen LogP contribution in [0.2, 0.25) is 0 Å². The van der Waals surface area contributed by atoms with Gasteiger partial charge in [-0.05, 0) is 29.9 Å². The molecule has 2 aliphatic heterocycles. The van der Waals surface area contributed by atoms with Gasteiger partial charge in [-0.2, -0.15) is 9.67 Å². The molecule has 2 aliphatic rings. The Kier molecular flexibility index (Phi) is 7.52. The van der Waals surface area contributed by atoms with Crippen LogP contribution < -0.4 is 10.6 Å². The van der Waals surface area contributed by atoms with E-state index in [4.69, 9.17) is 10.7 Å². The van der Waals surface area contributed by atoms with Crippen molar-refractivity contribution >= 4 is 35.0 Å². The molecule has 2 saturated heterocycles. The topological polar surface area (TPSA) is 131 Å². The van der Waals surface area contributed by atoms with E-state index in [1.807, 2.05) is 48.0 Å². The SMILES string of the molecule is CC1CN(C(=O)N2CCCC2)CC(=O)C1c1nc(N(C)Cc2ccc(CN)cc2)n(C(=O)c2cscn2)n1. The Bertz CT molecular complexity index is 1300. The second kappa shape index (κ2) is 11.0. The molecule has 11 nitrogen and oxygen atoms in total. The molecule has 2 N–H and O–H groups in total. The van der Waals surface area contributed by atoms with E-state index in [0.717, 1.165) is 37.1 Å². The molecular weight excluding hydrogens is 504 g/mol. The largest absolute Gasteiger partial charge is 0.339 e. The predicted molar refractivity (Wildman–Crippen MR) is 143 cm³/mol. The van der Waals surface area contributed by atoms with Crippen LogP contribution in [0.1, 0.15) is 53.1 Å². The summed E-state index contributed by atoms with van der Waals surface area (Å²) in [5.74, 6) is -0.725. The second-order valence-electron chi connectivity index (χ2n) is 10.0. The van der Waals surface area contributed by atoms with Gasteiger partial charge in [0, 0.05) is 45.2 Å². The van der Waals surface area contributed by atoms with Crippen LogP contribution in [0.3, 0.4) is 0 Å². The van der Waals surface area contributed by atoms with Crippen molar-refractivity contribution in [1.82, 2.24) is 29.5 Å². The van der Waals surface area contributed by atoms with E-state index in [1.165, 1.54) is 16.0 Å². The van der Waals surface area contributed by atoms with Crippen molar-refractivity contribution in [2.75, 3.05) is 38.1 Å². The van der Waals surface area contributed by atoms with Gasteiger partial charge in [0.25, 0.3) is 0 Å². The van der Waals surface area contributed by atoms with Gasteiger partial charge in [-0.3, -0.25) is 9.59 Å². The van der Waals surface area contributed by atoms with E-state index >= 15 is 0 Å². The van der Waals surface area contributed by atoms with E-state index in [0.29, 0.717) is 31.4 Å². The first-order valence-corrected chi connectivity index (χ1v) is 13.8. The molecule has 0 bridgehead atoms. The van der Waals surface area contributed by atoms with E-state index in [1.54, 1.807) is 15.8 Å². The zero-order chi connectivity index (χ0) is 26.8. The number of carbonyl (C=O) groups excluding carboxylic acids is 3. The van der Waals surface area contributed by atoms with Gasteiger partial charge < -0.3 is 20.4 Å². The average molecular weight is 537 g/mol. The summed E-state index contributed by atoms with van der Waals surface area (Å²) in [6.07, 6.45) is 1.99. The number of nitrogens with zero attached hydrogens (tertiary/aromatic N) is 7. The fourth-order valence-electron chi connectivity index (χ4n) is 5.16. The van der Waals surface area contributed by atoms with Gasteiger partial charge >= 0.3 is 11.9 Å². The van der Waals surface area contributed by atoms with Crippen molar-refractivity contribution in [2.45, 2.75) is 38.8 Å². The molecule has 0 radical (unpaired) electrons. The molecular formula is C26H32N8O3S. The summed E-state index contributed by atoms with van der Waals surface area (Å²) in [6.45, 7) is 4.77. The van der Waals surface area contributed by atoms with Crippen molar-refractivity contribution in [2.24, 2.45) is 11.7 Å². The molecule has 200 valence electrons. The van der Waals surface area contributed by atoms with Crippen LogP contribution >= 0.6 is 11.3 Å². The van der Waals surface area contributed by atoms with Gasteiger partial charge in [-0.25, -0.2) is 9.78 Å². The number of aromatic nitrogens is 4. The smallest absolute Gasteiger partial charge is 0.320 e. The molecule has 2 unspecified atom stereocenters. The summed E-state index contributed by atoms with van der Waals surface area (Å²) in [4.78, 5) is 53.8.